The molecule has 2 unspecified atom stereocenters. The SMILES string of the molecule is S=C1NC2CC(c3ccccc31)n1c2nc2ccccc21. The van der Waals surface area contributed by atoms with E-state index in [1.807, 2.05) is 6.07 Å². The largest absolute Gasteiger partial charge is 0.366 e. The topological polar surface area (TPSA) is 29.9 Å². The summed E-state index contributed by atoms with van der Waals surface area (Å²) in [6.45, 7) is 0. The van der Waals surface area contributed by atoms with Crippen molar-refractivity contribution in [2.75, 3.05) is 0 Å². The minimum Gasteiger partial charge on any atom is -0.366 e. The van der Waals surface area contributed by atoms with Crippen molar-refractivity contribution in [3.8, 4) is 0 Å². The molecule has 0 spiro atoms. The summed E-state index contributed by atoms with van der Waals surface area (Å²) in [5, 5.41) is 3.49. The van der Waals surface area contributed by atoms with Gasteiger partial charge in [0, 0.05) is 5.56 Å². The molecule has 0 saturated carbocycles. The summed E-state index contributed by atoms with van der Waals surface area (Å²) < 4.78 is 2.38. The highest BCUT2D eigenvalue weighted by atomic mass is 32.1. The van der Waals surface area contributed by atoms with Gasteiger partial charge in [0.25, 0.3) is 0 Å². The fourth-order valence-corrected chi connectivity index (χ4v) is 4.02. The molecule has 0 amide bonds. The molecule has 2 aliphatic heterocycles. The van der Waals surface area contributed by atoms with Crippen LogP contribution in [0, 0.1) is 0 Å². The van der Waals surface area contributed by atoms with Crippen LogP contribution in [0.25, 0.3) is 11.0 Å². The fraction of sp³-hybridized carbons (Fsp3) is 0.176. The molecule has 3 nitrogen and oxygen atoms in total. The van der Waals surface area contributed by atoms with Crippen LogP contribution in [0.2, 0.25) is 0 Å². The van der Waals surface area contributed by atoms with Crippen molar-refractivity contribution in [3.05, 3.63) is 65.5 Å². The zero-order chi connectivity index (χ0) is 14.0. The Morgan fingerprint density at radius 1 is 1.10 bits per heavy atom. The highest BCUT2D eigenvalue weighted by Gasteiger charge is 2.38. The molecule has 21 heavy (non-hydrogen) atoms. The summed E-state index contributed by atoms with van der Waals surface area (Å²) >= 11 is 5.57. The summed E-state index contributed by atoms with van der Waals surface area (Å²) in [6, 6.07) is 17.4. The normalized spacial score (nSPS) is 22.6. The Morgan fingerprint density at radius 3 is 2.86 bits per heavy atom. The second kappa shape index (κ2) is 3.92. The first-order chi connectivity index (χ1) is 10.3. The van der Waals surface area contributed by atoms with Gasteiger partial charge in [0.2, 0.25) is 0 Å². The number of hydrogen-bond acceptors (Lipinski definition) is 2. The first-order valence-corrected chi connectivity index (χ1v) is 7.60. The van der Waals surface area contributed by atoms with Crippen molar-refractivity contribution in [3.63, 3.8) is 0 Å². The number of para-hydroxylation sites is 2. The molecule has 0 saturated heterocycles. The number of rotatable bonds is 0. The van der Waals surface area contributed by atoms with Crippen LogP contribution in [0.15, 0.2) is 48.5 Å². The van der Waals surface area contributed by atoms with E-state index in [-0.39, 0.29) is 6.04 Å². The minimum absolute atomic E-state index is 0.210. The highest BCUT2D eigenvalue weighted by Crippen LogP contribution is 2.44. The molecule has 0 aliphatic carbocycles. The third-order valence-corrected chi connectivity index (χ3v) is 4.91. The maximum atomic E-state index is 5.57. The Balaban J connectivity index is 1.85. The van der Waals surface area contributed by atoms with E-state index < -0.39 is 0 Å². The third kappa shape index (κ3) is 1.43. The van der Waals surface area contributed by atoms with E-state index in [1.165, 1.54) is 11.1 Å². The van der Waals surface area contributed by atoms with Gasteiger partial charge in [-0.15, -0.1) is 0 Å². The molecular weight excluding hydrogens is 278 g/mol. The number of benzene rings is 2. The molecule has 3 aromatic rings. The summed E-state index contributed by atoms with van der Waals surface area (Å²) in [5.74, 6) is 1.11. The predicted octanol–water partition coefficient (Wildman–Crippen LogP) is 3.35. The van der Waals surface area contributed by atoms with E-state index in [0.29, 0.717) is 6.04 Å². The lowest BCUT2D eigenvalue weighted by Crippen LogP contribution is -2.26. The first kappa shape index (κ1) is 11.5. The molecule has 4 heteroatoms. The van der Waals surface area contributed by atoms with Crippen LogP contribution in [0.4, 0.5) is 0 Å². The molecule has 2 aliphatic rings. The van der Waals surface area contributed by atoms with Crippen LogP contribution in [-0.2, 0) is 0 Å². The lowest BCUT2D eigenvalue weighted by atomic mass is 9.99. The second-order valence-corrected chi connectivity index (χ2v) is 6.10. The predicted molar refractivity (Wildman–Crippen MR) is 86.5 cm³/mol. The molecular formula is C17H13N3S. The lowest BCUT2D eigenvalue weighted by Gasteiger charge is -2.18. The van der Waals surface area contributed by atoms with Gasteiger partial charge in [0.05, 0.1) is 23.1 Å². The molecule has 1 aromatic heterocycles. The van der Waals surface area contributed by atoms with Crippen LogP contribution in [0.5, 0.6) is 0 Å². The Labute approximate surface area is 127 Å². The first-order valence-electron chi connectivity index (χ1n) is 7.19. The summed E-state index contributed by atoms with van der Waals surface area (Å²) in [7, 11) is 0. The maximum Gasteiger partial charge on any atom is 0.133 e. The quantitative estimate of drug-likeness (QED) is 0.644. The van der Waals surface area contributed by atoms with Gasteiger partial charge in [-0.2, -0.15) is 0 Å². The Kier molecular flexibility index (Phi) is 2.14. The van der Waals surface area contributed by atoms with Crippen LogP contribution in [0.1, 0.15) is 35.5 Å². The molecule has 102 valence electrons. The zero-order valence-corrected chi connectivity index (χ0v) is 12.1. The molecule has 2 aromatic carbocycles. The van der Waals surface area contributed by atoms with Crippen molar-refractivity contribution >= 4 is 28.2 Å². The van der Waals surface area contributed by atoms with Crippen LogP contribution < -0.4 is 5.32 Å². The van der Waals surface area contributed by atoms with Gasteiger partial charge in [-0.3, -0.25) is 0 Å². The highest BCUT2D eigenvalue weighted by molar-refractivity contribution is 7.80. The molecule has 0 radical (unpaired) electrons. The van der Waals surface area contributed by atoms with E-state index in [1.54, 1.807) is 0 Å². The van der Waals surface area contributed by atoms with Crippen LogP contribution >= 0.6 is 12.2 Å². The number of hydrogen-bond donors (Lipinski definition) is 1. The monoisotopic (exact) mass is 291 g/mol. The Bertz CT molecular complexity index is 896. The lowest BCUT2D eigenvalue weighted by molar-refractivity contribution is 0.581. The second-order valence-electron chi connectivity index (χ2n) is 5.69. The number of aromatic nitrogens is 2. The number of nitrogens with one attached hydrogen (secondary N) is 1. The number of imidazole rings is 1. The van der Waals surface area contributed by atoms with Crippen molar-refractivity contribution in [1.29, 1.82) is 0 Å². The minimum atomic E-state index is 0.210. The van der Waals surface area contributed by atoms with Crippen molar-refractivity contribution < 1.29 is 0 Å². The number of nitrogens with zero attached hydrogens (tertiary/aromatic N) is 2. The fourth-order valence-electron chi connectivity index (χ4n) is 3.69. The van der Waals surface area contributed by atoms with Gasteiger partial charge < -0.3 is 9.88 Å². The van der Waals surface area contributed by atoms with Gasteiger partial charge >= 0.3 is 0 Å². The van der Waals surface area contributed by atoms with Crippen LogP contribution in [0.3, 0.4) is 0 Å². The molecule has 5 rings (SSSR count). The van der Waals surface area contributed by atoms with Gasteiger partial charge in [-0.25, -0.2) is 4.98 Å². The molecule has 0 fully saturated rings. The Hall–Kier alpha value is -2.20. The summed E-state index contributed by atoms with van der Waals surface area (Å²) in [5.41, 5.74) is 4.74. The molecule has 1 N–H and O–H groups in total. The standard InChI is InChI=1S/C17H13N3S/c21-17-11-6-2-1-5-10(11)15-9-13(19-17)16-18-12-7-3-4-8-14(12)20(15)16/h1-8,13,15H,9H2,(H,19,21). The van der Waals surface area contributed by atoms with Gasteiger partial charge in [-0.05, 0) is 24.1 Å². The summed E-state index contributed by atoms with van der Waals surface area (Å²) in [4.78, 5) is 5.67. The van der Waals surface area contributed by atoms with Crippen molar-refractivity contribution in [2.24, 2.45) is 0 Å². The number of fused-ring (bicyclic) bond motifs is 9. The van der Waals surface area contributed by atoms with E-state index in [4.69, 9.17) is 17.2 Å². The maximum absolute atomic E-state index is 5.57. The smallest absolute Gasteiger partial charge is 0.133 e. The van der Waals surface area contributed by atoms with Crippen molar-refractivity contribution in [2.45, 2.75) is 18.5 Å². The van der Waals surface area contributed by atoms with Crippen LogP contribution in [-0.4, -0.2) is 14.5 Å². The zero-order valence-electron chi connectivity index (χ0n) is 11.3. The molecule has 3 heterocycles. The van der Waals surface area contributed by atoms with E-state index in [2.05, 4.69) is 52.3 Å². The number of thiocarbonyl (C=S) groups is 1. The van der Waals surface area contributed by atoms with Gasteiger partial charge in [0.15, 0.2) is 0 Å². The van der Waals surface area contributed by atoms with Gasteiger partial charge in [-0.1, -0.05) is 48.6 Å². The average Bonchev–Trinajstić information content (AvgIpc) is 3.00. The van der Waals surface area contributed by atoms with E-state index in [0.717, 1.165) is 28.3 Å². The summed E-state index contributed by atoms with van der Waals surface area (Å²) in [6.07, 6.45) is 1.02. The third-order valence-electron chi connectivity index (χ3n) is 4.58. The Morgan fingerprint density at radius 2 is 1.90 bits per heavy atom. The molecule has 2 atom stereocenters. The van der Waals surface area contributed by atoms with Gasteiger partial charge in [0.1, 0.15) is 10.8 Å². The molecule has 2 bridgehead atoms. The van der Waals surface area contributed by atoms with E-state index >= 15 is 0 Å². The van der Waals surface area contributed by atoms with E-state index in [9.17, 15) is 0 Å². The van der Waals surface area contributed by atoms with Crippen molar-refractivity contribution in [1.82, 2.24) is 14.9 Å². The average molecular weight is 291 g/mol.